The molecular weight excluding hydrogens is 332 g/mol. The van der Waals surface area contributed by atoms with Crippen LogP contribution in [0.1, 0.15) is 5.69 Å². The SMILES string of the molecule is N#CSc1ccc(NC(=O)Cc2cn3cc(Cl)ccc3n2)cc1. The lowest BCUT2D eigenvalue weighted by Gasteiger charge is -2.04. The Hall–Kier alpha value is -2.49. The summed E-state index contributed by atoms with van der Waals surface area (Å²) >= 11 is 7.00. The normalized spacial score (nSPS) is 10.4. The quantitative estimate of drug-likeness (QED) is 0.579. The molecule has 0 spiro atoms. The molecule has 3 rings (SSSR count). The van der Waals surface area contributed by atoms with Gasteiger partial charge in [-0.25, -0.2) is 4.98 Å². The number of benzene rings is 1. The molecule has 3 aromatic rings. The van der Waals surface area contributed by atoms with Gasteiger partial charge in [0.25, 0.3) is 0 Å². The fraction of sp³-hybridized carbons (Fsp3) is 0.0625. The van der Waals surface area contributed by atoms with Crippen LogP contribution in [0.5, 0.6) is 0 Å². The zero-order chi connectivity index (χ0) is 16.2. The second kappa shape index (κ2) is 6.73. The summed E-state index contributed by atoms with van der Waals surface area (Å²) in [6, 6.07) is 10.7. The molecule has 0 saturated carbocycles. The van der Waals surface area contributed by atoms with Crippen molar-refractivity contribution in [2.24, 2.45) is 0 Å². The van der Waals surface area contributed by atoms with E-state index in [0.717, 1.165) is 22.3 Å². The summed E-state index contributed by atoms with van der Waals surface area (Å²) in [5, 5.41) is 14.0. The van der Waals surface area contributed by atoms with Gasteiger partial charge in [0.1, 0.15) is 11.0 Å². The molecule has 0 aliphatic heterocycles. The highest BCUT2D eigenvalue weighted by molar-refractivity contribution is 8.03. The van der Waals surface area contributed by atoms with Crippen LogP contribution in [0.15, 0.2) is 53.7 Å². The number of carbonyl (C=O) groups excluding carboxylic acids is 1. The predicted molar refractivity (Wildman–Crippen MR) is 90.4 cm³/mol. The van der Waals surface area contributed by atoms with Crippen LogP contribution >= 0.6 is 23.4 Å². The topological polar surface area (TPSA) is 70.2 Å². The third kappa shape index (κ3) is 3.83. The van der Waals surface area contributed by atoms with Gasteiger partial charge in [-0.2, -0.15) is 5.26 Å². The second-order valence-corrected chi connectivity index (χ2v) is 6.08. The third-order valence-corrected chi connectivity index (χ3v) is 3.93. The smallest absolute Gasteiger partial charge is 0.230 e. The maximum absolute atomic E-state index is 12.1. The highest BCUT2D eigenvalue weighted by Crippen LogP contribution is 2.19. The number of hydrogen-bond acceptors (Lipinski definition) is 4. The van der Waals surface area contributed by atoms with Gasteiger partial charge in [-0.1, -0.05) is 11.6 Å². The molecule has 0 fully saturated rings. The summed E-state index contributed by atoms with van der Waals surface area (Å²) in [7, 11) is 0. The maximum Gasteiger partial charge on any atom is 0.230 e. The van der Waals surface area contributed by atoms with Crippen LogP contribution in [0.25, 0.3) is 5.65 Å². The first kappa shape index (κ1) is 15.4. The first-order valence-electron chi connectivity index (χ1n) is 6.73. The summed E-state index contributed by atoms with van der Waals surface area (Å²) < 4.78 is 1.79. The third-order valence-electron chi connectivity index (χ3n) is 3.11. The number of anilines is 1. The Morgan fingerprint density at radius 3 is 2.78 bits per heavy atom. The number of nitrogens with one attached hydrogen (secondary N) is 1. The van der Waals surface area contributed by atoms with Gasteiger partial charge in [0, 0.05) is 23.0 Å². The molecule has 1 amide bonds. The van der Waals surface area contributed by atoms with E-state index in [4.69, 9.17) is 16.9 Å². The number of carbonyl (C=O) groups is 1. The maximum atomic E-state index is 12.1. The zero-order valence-corrected chi connectivity index (χ0v) is 13.4. The molecule has 0 aliphatic rings. The van der Waals surface area contributed by atoms with Crippen molar-refractivity contribution >= 4 is 40.6 Å². The minimum atomic E-state index is -0.153. The standard InChI is InChI=1S/C16H11ClN4OS/c17-11-1-6-15-19-13(9-21(15)8-11)7-16(22)20-12-2-4-14(5-3-12)23-10-18/h1-6,8-9H,7H2,(H,20,22). The lowest BCUT2D eigenvalue weighted by atomic mass is 10.3. The van der Waals surface area contributed by atoms with E-state index >= 15 is 0 Å². The predicted octanol–water partition coefficient (Wildman–Crippen LogP) is 3.74. The molecule has 1 N–H and O–H groups in total. The molecule has 2 heterocycles. The fourth-order valence-corrected chi connectivity index (χ4v) is 2.68. The number of nitriles is 1. The number of fused-ring (bicyclic) bond motifs is 1. The molecule has 0 radical (unpaired) electrons. The minimum Gasteiger partial charge on any atom is -0.326 e. The van der Waals surface area contributed by atoms with Gasteiger partial charge >= 0.3 is 0 Å². The van der Waals surface area contributed by atoms with Crippen LogP contribution in [-0.4, -0.2) is 15.3 Å². The van der Waals surface area contributed by atoms with Crippen molar-refractivity contribution in [2.45, 2.75) is 11.3 Å². The molecule has 2 aromatic heterocycles. The Morgan fingerprint density at radius 2 is 2.04 bits per heavy atom. The molecule has 23 heavy (non-hydrogen) atoms. The van der Waals surface area contributed by atoms with Crippen LogP contribution in [0, 0.1) is 10.7 Å². The molecule has 0 aliphatic carbocycles. The molecule has 0 unspecified atom stereocenters. The largest absolute Gasteiger partial charge is 0.326 e. The average Bonchev–Trinajstić information content (AvgIpc) is 2.90. The van der Waals surface area contributed by atoms with Gasteiger partial charge in [-0.15, -0.1) is 0 Å². The summed E-state index contributed by atoms with van der Waals surface area (Å²) in [4.78, 5) is 17.3. The van der Waals surface area contributed by atoms with E-state index in [0.29, 0.717) is 16.4 Å². The molecule has 0 bridgehead atoms. The van der Waals surface area contributed by atoms with E-state index in [2.05, 4.69) is 10.3 Å². The summed E-state index contributed by atoms with van der Waals surface area (Å²) in [5.74, 6) is -0.153. The highest BCUT2D eigenvalue weighted by Gasteiger charge is 2.08. The van der Waals surface area contributed by atoms with E-state index in [9.17, 15) is 4.79 Å². The number of aromatic nitrogens is 2. The minimum absolute atomic E-state index is 0.153. The molecule has 1 aromatic carbocycles. The van der Waals surface area contributed by atoms with Crippen LogP contribution in [0.4, 0.5) is 5.69 Å². The van der Waals surface area contributed by atoms with E-state index in [-0.39, 0.29) is 12.3 Å². The van der Waals surface area contributed by atoms with Crippen LogP contribution in [0.3, 0.4) is 0 Å². The molecule has 5 nitrogen and oxygen atoms in total. The Morgan fingerprint density at radius 1 is 1.26 bits per heavy atom. The van der Waals surface area contributed by atoms with Gasteiger partial charge in [-0.3, -0.25) is 4.79 Å². The number of thiocyanates is 1. The summed E-state index contributed by atoms with van der Waals surface area (Å²) in [6.07, 6.45) is 3.71. The number of thioether (sulfide) groups is 1. The van der Waals surface area contributed by atoms with E-state index in [1.54, 1.807) is 53.2 Å². The van der Waals surface area contributed by atoms with Crippen LogP contribution in [0.2, 0.25) is 5.02 Å². The number of nitrogens with zero attached hydrogens (tertiary/aromatic N) is 3. The first-order valence-corrected chi connectivity index (χ1v) is 7.92. The van der Waals surface area contributed by atoms with Gasteiger partial charge in [0.2, 0.25) is 5.91 Å². The van der Waals surface area contributed by atoms with Crippen LogP contribution in [-0.2, 0) is 11.2 Å². The van der Waals surface area contributed by atoms with Crippen molar-refractivity contribution in [2.75, 3.05) is 5.32 Å². The van der Waals surface area contributed by atoms with Crippen molar-refractivity contribution in [3.8, 4) is 5.40 Å². The Bertz CT molecular complexity index is 899. The molecule has 0 saturated heterocycles. The Labute approximate surface area is 141 Å². The monoisotopic (exact) mass is 342 g/mol. The molecule has 0 atom stereocenters. The number of rotatable bonds is 4. The highest BCUT2D eigenvalue weighted by atomic mass is 35.5. The molecular formula is C16H11ClN4OS. The lowest BCUT2D eigenvalue weighted by Crippen LogP contribution is -2.14. The fourth-order valence-electron chi connectivity index (χ4n) is 2.13. The van der Waals surface area contributed by atoms with Crippen molar-refractivity contribution in [1.29, 1.82) is 5.26 Å². The van der Waals surface area contributed by atoms with Gasteiger partial charge in [0.05, 0.1) is 17.1 Å². The number of pyridine rings is 1. The van der Waals surface area contributed by atoms with Gasteiger partial charge < -0.3 is 9.72 Å². The average molecular weight is 343 g/mol. The van der Waals surface area contributed by atoms with Gasteiger partial charge in [-0.05, 0) is 48.2 Å². The van der Waals surface area contributed by atoms with Crippen molar-refractivity contribution < 1.29 is 4.79 Å². The Kier molecular flexibility index (Phi) is 4.51. The molecule has 7 heteroatoms. The lowest BCUT2D eigenvalue weighted by molar-refractivity contribution is -0.115. The number of amides is 1. The zero-order valence-electron chi connectivity index (χ0n) is 11.9. The number of imidazole rings is 1. The van der Waals surface area contributed by atoms with Crippen LogP contribution < -0.4 is 5.32 Å². The first-order chi connectivity index (χ1) is 11.1. The van der Waals surface area contributed by atoms with Gasteiger partial charge in [0.15, 0.2) is 0 Å². The second-order valence-electron chi connectivity index (χ2n) is 4.79. The van der Waals surface area contributed by atoms with Crippen molar-refractivity contribution in [1.82, 2.24) is 9.38 Å². The summed E-state index contributed by atoms with van der Waals surface area (Å²) in [6.45, 7) is 0. The van der Waals surface area contributed by atoms with Crippen molar-refractivity contribution in [3.63, 3.8) is 0 Å². The summed E-state index contributed by atoms with van der Waals surface area (Å²) in [5.41, 5.74) is 2.10. The number of halogens is 1. The van der Waals surface area contributed by atoms with E-state index < -0.39 is 0 Å². The van der Waals surface area contributed by atoms with E-state index in [1.165, 1.54) is 0 Å². The number of hydrogen-bond donors (Lipinski definition) is 1. The van der Waals surface area contributed by atoms with E-state index in [1.807, 2.05) is 5.40 Å². The van der Waals surface area contributed by atoms with Crippen molar-refractivity contribution in [3.05, 3.63) is 59.5 Å². The Balaban J connectivity index is 1.67. The molecule has 114 valence electrons.